The normalized spacial score (nSPS) is 20.0. The van der Waals surface area contributed by atoms with E-state index < -0.39 is 5.60 Å². The highest BCUT2D eigenvalue weighted by Gasteiger charge is 2.31. The lowest BCUT2D eigenvalue weighted by molar-refractivity contribution is 0.0118. The average molecular weight is 357 g/mol. The van der Waals surface area contributed by atoms with E-state index in [1.807, 2.05) is 26.8 Å². The Balaban J connectivity index is 2.24. The standard InChI is InChI=1S/C15H21BrN2O3/c1-15(2,3)21-14(19)18-5-4-6-20-10-13(18)11-7-12(16)9-17-8-11/h7-9,13H,4-6,10H2,1-3H3. The van der Waals surface area contributed by atoms with Gasteiger partial charge in [0.05, 0.1) is 12.6 Å². The molecule has 2 heterocycles. The summed E-state index contributed by atoms with van der Waals surface area (Å²) < 4.78 is 12.0. The van der Waals surface area contributed by atoms with Crippen molar-refractivity contribution in [3.63, 3.8) is 0 Å². The van der Waals surface area contributed by atoms with Crippen LogP contribution in [0.4, 0.5) is 4.79 Å². The fourth-order valence-corrected chi connectivity index (χ4v) is 2.59. The number of carbonyl (C=O) groups excluding carboxylic acids is 1. The molecule has 1 amide bonds. The van der Waals surface area contributed by atoms with Crippen molar-refractivity contribution in [2.45, 2.75) is 38.8 Å². The Kier molecular flexibility index (Phi) is 5.22. The molecule has 5 nitrogen and oxygen atoms in total. The van der Waals surface area contributed by atoms with Crippen molar-refractivity contribution >= 4 is 22.0 Å². The Bertz CT molecular complexity index is 502. The van der Waals surface area contributed by atoms with Crippen LogP contribution in [-0.4, -0.2) is 41.3 Å². The molecule has 0 aliphatic carbocycles. The van der Waals surface area contributed by atoms with Gasteiger partial charge in [-0.1, -0.05) is 0 Å². The summed E-state index contributed by atoms with van der Waals surface area (Å²) in [4.78, 5) is 18.4. The molecule has 0 N–H and O–H groups in total. The van der Waals surface area contributed by atoms with E-state index in [2.05, 4.69) is 20.9 Å². The van der Waals surface area contributed by atoms with Crippen LogP contribution in [0, 0.1) is 0 Å². The molecule has 1 unspecified atom stereocenters. The first-order valence-corrected chi connectivity index (χ1v) is 7.84. The van der Waals surface area contributed by atoms with Crippen molar-refractivity contribution < 1.29 is 14.3 Å². The number of pyridine rings is 1. The van der Waals surface area contributed by atoms with Gasteiger partial charge in [-0.05, 0) is 54.8 Å². The summed E-state index contributed by atoms with van der Waals surface area (Å²) in [5, 5.41) is 0. The number of hydrogen-bond donors (Lipinski definition) is 0. The molecule has 0 saturated carbocycles. The zero-order chi connectivity index (χ0) is 15.5. The van der Waals surface area contributed by atoms with Crippen LogP contribution in [-0.2, 0) is 9.47 Å². The number of ether oxygens (including phenoxy) is 2. The minimum atomic E-state index is -0.510. The van der Waals surface area contributed by atoms with Crippen molar-refractivity contribution in [2.24, 2.45) is 0 Å². The maximum absolute atomic E-state index is 12.5. The van der Waals surface area contributed by atoms with E-state index >= 15 is 0 Å². The van der Waals surface area contributed by atoms with Crippen LogP contribution in [0.25, 0.3) is 0 Å². The summed E-state index contributed by atoms with van der Waals surface area (Å²) in [5.41, 5.74) is 0.432. The van der Waals surface area contributed by atoms with Crippen LogP contribution in [0.3, 0.4) is 0 Å². The van der Waals surface area contributed by atoms with Gasteiger partial charge in [0.2, 0.25) is 0 Å². The molecule has 6 heteroatoms. The summed E-state index contributed by atoms with van der Waals surface area (Å²) in [6, 6.07) is 1.79. The molecule has 1 aromatic rings. The fourth-order valence-electron chi connectivity index (χ4n) is 2.20. The Hall–Kier alpha value is -1.14. The highest BCUT2D eigenvalue weighted by atomic mass is 79.9. The molecule has 0 spiro atoms. The maximum atomic E-state index is 12.5. The predicted molar refractivity (Wildman–Crippen MR) is 83.1 cm³/mol. The smallest absolute Gasteiger partial charge is 0.410 e. The second kappa shape index (κ2) is 6.75. The quantitative estimate of drug-likeness (QED) is 0.772. The molecule has 1 saturated heterocycles. The number of amides is 1. The van der Waals surface area contributed by atoms with Crippen LogP contribution in [0.15, 0.2) is 22.9 Å². The van der Waals surface area contributed by atoms with Crippen LogP contribution in [0.1, 0.15) is 38.8 Å². The Morgan fingerprint density at radius 3 is 2.90 bits per heavy atom. The van der Waals surface area contributed by atoms with Crippen molar-refractivity contribution in [3.8, 4) is 0 Å². The van der Waals surface area contributed by atoms with Crippen LogP contribution < -0.4 is 0 Å². The Labute approximate surface area is 133 Å². The topological polar surface area (TPSA) is 51.7 Å². The zero-order valence-corrected chi connectivity index (χ0v) is 14.2. The minimum absolute atomic E-state index is 0.174. The van der Waals surface area contributed by atoms with Crippen molar-refractivity contribution in [1.82, 2.24) is 9.88 Å². The average Bonchev–Trinajstić information content (AvgIpc) is 2.62. The van der Waals surface area contributed by atoms with E-state index in [0.29, 0.717) is 19.8 Å². The van der Waals surface area contributed by atoms with E-state index in [-0.39, 0.29) is 12.1 Å². The lowest BCUT2D eigenvalue weighted by atomic mass is 10.1. The largest absolute Gasteiger partial charge is 0.444 e. The van der Waals surface area contributed by atoms with Gasteiger partial charge in [-0.15, -0.1) is 0 Å². The van der Waals surface area contributed by atoms with E-state index in [4.69, 9.17) is 9.47 Å². The molecule has 0 bridgehead atoms. The van der Waals surface area contributed by atoms with Crippen LogP contribution in [0.5, 0.6) is 0 Å². The van der Waals surface area contributed by atoms with Gasteiger partial charge in [0, 0.05) is 30.0 Å². The molecule has 1 atom stereocenters. The van der Waals surface area contributed by atoms with Crippen LogP contribution >= 0.6 is 15.9 Å². The third-order valence-corrected chi connectivity index (χ3v) is 3.51. The molecule has 1 fully saturated rings. The van der Waals surface area contributed by atoms with Gasteiger partial charge in [0.15, 0.2) is 0 Å². The molecular weight excluding hydrogens is 336 g/mol. The molecule has 0 aromatic carbocycles. The number of carbonyl (C=O) groups is 1. The number of aromatic nitrogens is 1. The van der Waals surface area contributed by atoms with Crippen molar-refractivity contribution in [3.05, 3.63) is 28.5 Å². The first kappa shape index (κ1) is 16.2. The van der Waals surface area contributed by atoms with Gasteiger partial charge in [-0.25, -0.2) is 4.79 Å². The third kappa shape index (κ3) is 4.68. The molecule has 1 aromatic heterocycles. The Morgan fingerprint density at radius 2 is 2.24 bits per heavy atom. The number of nitrogens with zero attached hydrogens (tertiary/aromatic N) is 2. The van der Waals surface area contributed by atoms with Gasteiger partial charge >= 0.3 is 6.09 Å². The number of rotatable bonds is 1. The van der Waals surface area contributed by atoms with Crippen LogP contribution in [0.2, 0.25) is 0 Å². The minimum Gasteiger partial charge on any atom is -0.444 e. The first-order chi connectivity index (χ1) is 9.87. The summed E-state index contributed by atoms with van der Waals surface area (Å²) in [6.45, 7) is 7.33. The monoisotopic (exact) mass is 356 g/mol. The maximum Gasteiger partial charge on any atom is 0.410 e. The molecule has 1 aliphatic rings. The second-order valence-electron chi connectivity index (χ2n) is 6.05. The molecule has 0 radical (unpaired) electrons. The van der Waals surface area contributed by atoms with Gasteiger partial charge in [-0.3, -0.25) is 9.88 Å². The number of halogens is 1. The highest BCUT2D eigenvalue weighted by Crippen LogP contribution is 2.27. The molecule has 1 aliphatic heterocycles. The van der Waals surface area contributed by atoms with Gasteiger partial charge in [0.1, 0.15) is 5.60 Å². The van der Waals surface area contributed by atoms with E-state index in [0.717, 1.165) is 16.5 Å². The predicted octanol–water partition coefficient (Wildman–Crippen LogP) is 3.54. The van der Waals surface area contributed by atoms with E-state index in [1.165, 1.54) is 0 Å². The fraction of sp³-hybridized carbons (Fsp3) is 0.600. The highest BCUT2D eigenvalue weighted by molar-refractivity contribution is 9.10. The summed E-state index contributed by atoms with van der Waals surface area (Å²) in [6.07, 6.45) is 3.98. The zero-order valence-electron chi connectivity index (χ0n) is 12.6. The van der Waals surface area contributed by atoms with Gasteiger partial charge < -0.3 is 9.47 Å². The van der Waals surface area contributed by atoms with E-state index in [9.17, 15) is 4.79 Å². The molecule has 21 heavy (non-hydrogen) atoms. The summed E-state index contributed by atoms with van der Waals surface area (Å²) in [5.74, 6) is 0. The second-order valence-corrected chi connectivity index (χ2v) is 6.97. The molecular formula is C15H21BrN2O3. The van der Waals surface area contributed by atoms with Crippen molar-refractivity contribution in [2.75, 3.05) is 19.8 Å². The van der Waals surface area contributed by atoms with Gasteiger partial charge in [0.25, 0.3) is 0 Å². The van der Waals surface area contributed by atoms with E-state index in [1.54, 1.807) is 17.3 Å². The SMILES string of the molecule is CC(C)(C)OC(=O)N1CCCOCC1c1cncc(Br)c1. The molecule has 116 valence electrons. The molecule has 2 rings (SSSR count). The Morgan fingerprint density at radius 1 is 1.48 bits per heavy atom. The lowest BCUT2D eigenvalue weighted by Crippen LogP contribution is -2.40. The van der Waals surface area contributed by atoms with Crippen molar-refractivity contribution in [1.29, 1.82) is 0 Å². The third-order valence-electron chi connectivity index (χ3n) is 3.08. The number of hydrogen-bond acceptors (Lipinski definition) is 4. The summed E-state index contributed by atoms with van der Waals surface area (Å²) >= 11 is 3.42. The summed E-state index contributed by atoms with van der Waals surface area (Å²) in [7, 11) is 0. The first-order valence-electron chi connectivity index (χ1n) is 7.04. The lowest BCUT2D eigenvalue weighted by Gasteiger charge is -2.31. The van der Waals surface area contributed by atoms with Gasteiger partial charge in [-0.2, -0.15) is 0 Å².